The van der Waals surface area contributed by atoms with Crippen LogP contribution >= 0.6 is 0 Å². The van der Waals surface area contributed by atoms with Crippen molar-refractivity contribution in [3.05, 3.63) is 65.0 Å². The SMILES string of the molecule is Cc1cc(C)cc([C@H](NC(=O)[C@@H](C)S(C)(=O)=O)c2cccnc2)c1. The first kappa shape index (κ1) is 18.1. The van der Waals surface area contributed by atoms with Crippen molar-refractivity contribution in [2.75, 3.05) is 6.26 Å². The van der Waals surface area contributed by atoms with E-state index in [9.17, 15) is 13.2 Å². The maximum absolute atomic E-state index is 12.4. The highest BCUT2D eigenvalue weighted by atomic mass is 32.2. The Morgan fingerprint density at radius 1 is 1.12 bits per heavy atom. The Bertz CT molecular complexity index is 812. The van der Waals surface area contributed by atoms with Crippen LogP contribution in [0.3, 0.4) is 0 Å². The van der Waals surface area contributed by atoms with Gasteiger partial charge in [-0.25, -0.2) is 8.42 Å². The number of aryl methyl sites for hydroxylation is 2. The number of sulfone groups is 1. The predicted molar refractivity (Wildman–Crippen MR) is 94.4 cm³/mol. The van der Waals surface area contributed by atoms with Crippen LogP contribution in [-0.4, -0.2) is 30.8 Å². The fourth-order valence-corrected chi connectivity index (χ4v) is 2.99. The maximum Gasteiger partial charge on any atom is 0.238 e. The number of pyridine rings is 1. The summed E-state index contributed by atoms with van der Waals surface area (Å²) in [6.07, 6.45) is 4.39. The van der Waals surface area contributed by atoms with E-state index in [1.807, 2.05) is 38.1 Å². The van der Waals surface area contributed by atoms with Crippen molar-refractivity contribution in [2.24, 2.45) is 0 Å². The molecule has 0 saturated heterocycles. The Morgan fingerprint density at radius 2 is 1.75 bits per heavy atom. The molecular formula is C18H22N2O3S. The molecule has 24 heavy (non-hydrogen) atoms. The Morgan fingerprint density at radius 3 is 2.25 bits per heavy atom. The number of nitrogens with one attached hydrogen (secondary N) is 1. The van der Waals surface area contributed by atoms with E-state index in [0.717, 1.165) is 28.5 Å². The Kier molecular flexibility index (Phi) is 5.39. The fraction of sp³-hybridized carbons (Fsp3) is 0.333. The van der Waals surface area contributed by atoms with Crippen molar-refractivity contribution in [1.82, 2.24) is 10.3 Å². The van der Waals surface area contributed by atoms with E-state index < -0.39 is 27.0 Å². The zero-order valence-electron chi connectivity index (χ0n) is 14.3. The summed E-state index contributed by atoms with van der Waals surface area (Å²) in [5, 5.41) is 1.74. The van der Waals surface area contributed by atoms with Crippen molar-refractivity contribution in [3.63, 3.8) is 0 Å². The number of aromatic nitrogens is 1. The highest BCUT2D eigenvalue weighted by molar-refractivity contribution is 7.92. The van der Waals surface area contributed by atoms with E-state index >= 15 is 0 Å². The first-order chi connectivity index (χ1) is 11.2. The number of hydrogen-bond donors (Lipinski definition) is 1. The highest BCUT2D eigenvalue weighted by Gasteiger charge is 2.27. The van der Waals surface area contributed by atoms with Crippen LogP contribution in [-0.2, 0) is 14.6 Å². The molecule has 2 rings (SSSR count). The van der Waals surface area contributed by atoms with Gasteiger partial charge in [-0.15, -0.1) is 0 Å². The van der Waals surface area contributed by atoms with Crippen molar-refractivity contribution in [1.29, 1.82) is 0 Å². The molecular weight excluding hydrogens is 324 g/mol. The molecule has 2 aromatic rings. The fourth-order valence-electron chi connectivity index (χ4n) is 2.54. The minimum atomic E-state index is -3.46. The molecule has 0 fully saturated rings. The number of amides is 1. The molecule has 1 N–H and O–H groups in total. The summed E-state index contributed by atoms with van der Waals surface area (Å²) in [6, 6.07) is 9.21. The van der Waals surface area contributed by atoms with Gasteiger partial charge in [0.1, 0.15) is 5.25 Å². The molecule has 6 heteroatoms. The van der Waals surface area contributed by atoms with Gasteiger partial charge in [0.15, 0.2) is 9.84 Å². The van der Waals surface area contributed by atoms with Crippen molar-refractivity contribution in [2.45, 2.75) is 32.1 Å². The van der Waals surface area contributed by atoms with E-state index in [-0.39, 0.29) is 0 Å². The third-order valence-corrected chi connectivity index (χ3v) is 5.39. The summed E-state index contributed by atoms with van der Waals surface area (Å²) in [4.78, 5) is 16.5. The van der Waals surface area contributed by atoms with E-state index in [2.05, 4.69) is 10.3 Å². The molecule has 0 aliphatic carbocycles. The monoisotopic (exact) mass is 346 g/mol. The number of carbonyl (C=O) groups is 1. The number of carbonyl (C=O) groups excluding carboxylic acids is 1. The van der Waals surface area contributed by atoms with Gasteiger partial charge in [0.05, 0.1) is 6.04 Å². The molecule has 0 spiro atoms. The van der Waals surface area contributed by atoms with Crippen LogP contribution in [0.5, 0.6) is 0 Å². The van der Waals surface area contributed by atoms with Crippen LogP contribution in [0.4, 0.5) is 0 Å². The Labute approximate surface area is 143 Å². The number of nitrogens with zero attached hydrogens (tertiary/aromatic N) is 1. The largest absolute Gasteiger partial charge is 0.344 e. The van der Waals surface area contributed by atoms with Crippen molar-refractivity contribution < 1.29 is 13.2 Å². The smallest absolute Gasteiger partial charge is 0.238 e. The molecule has 0 bridgehead atoms. The lowest BCUT2D eigenvalue weighted by molar-refractivity contribution is -0.120. The highest BCUT2D eigenvalue weighted by Crippen LogP contribution is 2.24. The first-order valence-corrected chi connectivity index (χ1v) is 9.61. The Balaban J connectivity index is 2.43. The lowest BCUT2D eigenvalue weighted by Gasteiger charge is -2.22. The molecule has 128 valence electrons. The average Bonchev–Trinajstić information content (AvgIpc) is 2.50. The van der Waals surface area contributed by atoms with Crippen LogP contribution in [0.15, 0.2) is 42.7 Å². The Hall–Kier alpha value is -2.21. The van der Waals surface area contributed by atoms with Gasteiger partial charge in [-0.2, -0.15) is 0 Å². The normalized spacial score (nSPS) is 14.0. The molecule has 1 aromatic heterocycles. The molecule has 1 heterocycles. The van der Waals surface area contributed by atoms with E-state index in [1.165, 1.54) is 6.92 Å². The topological polar surface area (TPSA) is 76.1 Å². The molecule has 1 aromatic carbocycles. The molecule has 0 radical (unpaired) electrons. The standard InChI is InChI=1S/C18H22N2O3S/c1-12-8-13(2)10-16(9-12)17(15-6-5-7-19-11-15)20-18(21)14(3)24(4,22)23/h5-11,14,17H,1-4H3,(H,20,21)/t14-,17-/m1/s1. The molecule has 0 unspecified atom stereocenters. The minimum absolute atomic E-state index is 0.450. The van der Waals surface area contributed by atoms with Gasteiger partial charge in [0.25, 0.3) is 0 Å². The summed E-state index contributed by atoms with van der Waals surface area (Å²) in [5.41, 5.74) is 3.85. The van der Waals surface area contributed by atoms with Crippen molar-refractivity contribution in [3.8, 4) is 0 Å². The third-order valence-electron chi connectivity index (χ3n) is 3.89. The summed E-state index contributed by atoms with van der Waals surface area (Å²) >= 11 is 0. The summed E-state index contributed by atoms with van der Waals surface area (Å²) in [6.45, 7) is 5.36. The summed E-state index contributed by atoms with van der Waals surface area (Å²) in [7, 11) is -3.46. The predicted octanol–water partition coefficient (Wildman–Crippen LogP) is 2.34. The van der Waals surface area contributed by atoms with Crippen molar-refractivity contribution >= 4 is 15.7 Å². The molecule has 2 atom stereocenters. The third kappa shape index (κ3) is 4.41. The van der Waals surface area contributed by atoms with Gasteiger partial charge in [-0.1, -0.05) is 35.4 Å². The van der Waals surface area contributed by atoms with Gasteiger partial charge in [0, 0.05) is 18.6 Å². The lowest BCUT2D eigenvalue weighted by Crippen LogP contribution is -2.39. The summed E-state index contributed by atoms with van der Waals surface area (Å²) < 4.78 is 23.3. The summed E-state index contributed by atoms with van der Waals surface area (Å²) in [5.74, 6) is -0.523. The van der Waals surface area contributed by atoms with E-state index in [4.69, 9.17) is 0 Å². The van der Waals surface area contributed by atoms with Crippen LogP contribution in [0.1, 0.15) is 35.2 Å². The lowest BCUT2D eigenvalue weighted by atomic mass is 9.96. The average molecular weight is 346 g/mol. The van der Waals surface area contributed by atoms with Crippen LogP contribution in [0.2, 0.25) is 0 Å². The quantitative estimate of drug-likeness (QED) is 0.901. The maximum atomic E-state index is 12.4. The van der Waals surface area contributed by atoms with Crippen LogP contribution in [0, 0.1) is 13.8 Å². The zero-order valence-corrected chi connectivity index (χ0v) is 15.1. The first-order valence-electron chi connectivity index (χ1n) is 7.66. The van der Waals surface area contributed by atoms with Gasteiger partial charge >= 0.3 is 0 Å². The van der Waals surface area contributed by atoms with Crippen LogP contribution in [0.25, 0.3) is 0 Å². The second-order valence-corrected chi connectivity index (χ2v) is 8.49. The number of hydrogen-bond acceptors (Lipinski definition) is 4. The molecule has 0 aliphatic rings. The molecule has 0 saturated carbocycles. The second kappa shape index (κ2) is 7.13. The van der Waals surface area contributed by atoms with E-state index in [1.54, 1.807) is 18.5 Å². The van der Waals surface area contributed by atoms with Gasteiger partial charge in [-0.05, 0) is 38.0 Å². The van der Waals surface area contributed by atoms with Gasteiger partial charge in [-0.3, -0.25) is 9.78 Å². The van der Waals surface area contributed by atoms with Gasteiger partial charge < -0.3 is 5.32 Å². The second-order valence-electron chi connectivity index (χ2n) is 6.12. The molecule has 5 nitrogen and oxygen atoms in total. The molecule has 1 amide bonds. The number of rotatable bonds is 5. The zero-order chi connectivity index (χ0) is 17.9. The number of benzene rings is 1. The van der Waals surface area contributed by atoms with Crippen LogP contribution < -0.4 is 5.32 Å². The molecule has 0 aliphatic heterocycles. The van der Waals surface area contributed by atoms with Gasteiger partial charge in [0.2, 0.25) is 5.91 Å². The van der Waals surface area contributed by atoms with E-state index in [0.29, 0.717) is 0 Å². The minimum Gasteiger partial charge on any atom is -0.344 e.